The van der Waals surface area contributed by atoms with Gasteiger partial charge < -0.3 is 0 Å². The highest BCUT2D eigenvalue weighted by molar-refractivity contribution is 5.88. The zero-order chi connectivity index (χ0) is 8.29. The number of fused-ring (bicyclic) bond motifs is 1. The van der Waals surface area contributed by atoms with Crippen molar-refractivity contribution in [1.82, 2.24) is 4.90 Å². The van der Waals surface area contributed by atoms with Crippen molar-refractivity contribution in [3.63, 3.8) is 0 Å². The van der Waals surface area contributed by atoms with Crippen molar-refractivity contribution in [2.75, 3.05) is 13.6 Å². The van der Waals surface area contributed by atoms with Crippen LogP contribution in [0.3, 0.4) is 0 Å². The Bertz CT molecular complexity index is 238. The average Bonchev–Trinajstić information content (AvgIpc) is 2.33. The molecule has 66 valence electrons. The Kier molecular flexibility index (Phi) is 1.24. The van der Waals surface area contributed by atoms with E-state index in [0.29, 0.717) is 17.7 Å². The summed E-state index contributed by atoms with van der Waals surface area (Å²) in [5, 5.41) is 0. The van der Waals surface area contributed by atoms with Crippen LogP contribution in [-0.4, -0.2) is 30.3 Å². The Morgan fingerprint density at radius 1 is 1.42 bits per heavy atom. The highest BCUT2D eigenvalue weighted by Crippen LogP contribution is 2.49. The van der Waals surface area contributed by atoms with E-state index in [9.17, 15) is 4.79 Å². The molecule has 4 aliphatic rings. The number of rotatable bonds is 0. The molecule has 3 saturated carbocycles. The molecule has 0 aromatic rings. The van der Waals surface area contributed by atoms with E-state index in [0.717, 1.165) is 11.8 Å². The van der Waals surface area contributed by atoms with Gasteiger partial charge in [-0.1, -0.05) is 0 Å². The summed E-state index contributed by atoms with van der Waals surface area (Å²) >= 11 is 0. The SMILES string of the molecule is CN1C[C@@H]2C[C@H]3CC[C@H]2[C@@H]1C3=O. The minimum atomic E-state index is 0.322. The van der Waals surface area contributed by atoms with Crippen LogP contribution in [0.1, 0.15) is 19.3 Å². The lowest BCUT2D eigenvalue weighted by Gasteiger charge is -2.40. The first-order valence-corrected chi connectivity index (χ1v) is 5.01. The first-order valence-electron chi connectivity index (χ1n) is 5.01. The van der Waals surface area contributed by atoms with Crippen LogP contribution in [0.4, 0.5) is 0 Å². The Morgan fingerprint density at radius 3 is 3.00 bits per heavy atom. The molecule has 0 spiro atoms. The van der Waals surface area contributed by atoms with Gasteiger partial charge in [0, 0.05) is 12.5 Å². The third kappa shape index (κ3) is 0.674. The highest BCUT2D eigenvalue weighted by Gasteiger charge is 2.53. The summed E-state index contributed by atoms with van der Waals surface area (Å²) in [5.74, 6) is 2.58. The maximum absolute atomic E-state index is 11.8. The Morgan fingerprint density at radius 2 is 2.25 bits per heavy atom. The van der Waals surface area contributed by atoms with E-state index in [1.165, 1.54) is 25.8 Å². The molecule has 0 aromatic carbocycles. The summed E-state index contributed by atoms with van der Waals surface area (Å²) in [5.41, 5.74) is 0. The van der Waals surface area contributed by atoms with Gasteiger partial charge >= 0.3 is 0 Å². The Hall–Kier alpha value is -0.370. The van der Waals surface area contributed by atoms with Crippen molar-refractivity contribution in [2.24, 2.45) is 17.8 Å². The Labute approximate surface area is 72.9 Å². The van der Waals surface area contributed by atoms with Crippen LogP contribution in [0.5, 0.6) is 0 Å². The van der Waals surface area contributed by atoms with Crippen LogP contribution in [0.2, 0.25) is 0 Å². The predicted molar refractivity (Wildman–Crippen MR) is 45.7 cm³/mol. The largest absolute Gasteiger partial charge is 0.298 e. The first-order chi connectivity index (χ1) is 5.77. The molecule has 4 rings (SSSR count). The summed E-state index contributed by atoms with van der Waals surface area (Å²) in [6.45, 7) is 1.18. The zero-order valence-electron chi connectivity index (χ0n) is 7.49. The van der Waals surface area contributed by atoms with Gasteiger partial charge in [-0.3, -0.25) is 9.69 Å². The number of Topliss-reactive ketones (excluding diaryl/α,β-unsaturated/α-hetero) is 1. The zero-order valence-corrected chi connectivity index (χ0v) is 7.49. The third-order valence-corrected chi connectivity index (χ3v) is 4.14. The fourth-order valence-corrected chi connectivity index (χ4v) is 3.65. The van der Waals surface area contributed by atoms with Crippen LogP contribution in [0, 0.1) is 17.8 Å². The van der Waals surface area contributed by atoms with Gasteiger partial charge in [-0.2, -0.15) is 0 Å². The first kappa shape index (κ1) is 7.07. The molecular formula is C10H15NO. The van der Waals surface area contributed by atoms with Crippen molar-refractivity contribution in [2.45, 2.75) is 25.3 Å². The molecule has 0 amide bonds. The number of carbonyl (C=O) groups excluding carboxylic acids is 1. The molecule has 4 atom stereocenters. The highest BCUT2D eigenvalue weighted by atomic mass is 16.1. The number of nitrogens with zero attached hydrogens (tertiary/aromatic N) is 1. The molecule has 2 nitrogen and oxygen atoms in total. The van der Waals surface area contributed by atoms with E-state index in [2.05, 4.69) is 11.9 Å². The number of likely N-dealkylation sites (tertiary alicyclic amines) is 1. The summed E-state index contributed by atoms with van der Waals surface area (Å²) in [6, 6.07) is 0.322. The van der Waals surface area contributed by atoms with Crippen molar-refractivity contribution >= 4 is 5.78 Å². The van der Waals surface area contributed by atoms with Crippen LogP contribution < -0.4 is 0 Å². The maximum atomic E-state index is 11.8. The van der Waals surface area contributed by atoms with Crippen molar-refractivity contribution in [1.29, 1.82) is 0 Å². The van der Waals surface area contributed by atoms with Crippen LogP contribution in [-0.2, 0) is 4.79 Å². The van der Waals surface area contributed by atoms with Crippen molar-refractivity contribution < 1.29 is 4.79 Å². The summed E-state index contributed by atoms with van der Waals surface area (Å²) in [4.78, 5) is 14.1. The topological polar surface area (TPSA) is 20.3 Å². The monoisotopic (exact) mass is 165 g/mol. The number of ketones is 1. The molecule has 0 N–H and O–H groups in total. The van der Waals surface area contributed by atoms with E-state index < -0.39 is 0 Å². The van der Waals surface area contributed by atoms with Gasteiger partial charge in [-0.25, -0.2) is 0 Å². The lowest BCUT2D eigenvalue weighted by molar-refractivity contribution is -0.134. The van der Waals surface area contributed by atoms with E-state index in [1.807, 2.05) is 0 Å². The molecule has 0 unspecified atom stereocenters. The fourth-order valence-electron chi connectivity index (χ4n) is 3.65. The number of hydrogen-bond acceptors (Lipinski definition) is 2. The summed E-state index contributed by atoms with van der Waals surface area (Å²) in [7, 11) is 2.11. The summed E-state index contributed by atoms with van der Waals surface area (Å²) < 4.78 is 0. The molecule has 1 aliphatic heterocycles. The van der Waals surface area contributed by atoms with E-state index in [4.69, 9.17) is 0 Å². The van der Waals surface area contributed by atoms with E-state index >= 15 is 0 Å². The van der Waals surface area contributed by atoms with Crippen LogP contribution in [0.25, 0.3) is 0 Å². The standard InChI is InChI=1S/C10H15NO/c1-11-5-7-4-6-2-3-8(7)9(11)10(6)12/h6-9H,2-5H2,1H3/t6-,7+,8-,9-/m1/s1. The predicted octanol–water partition coefficient (Wildman–Crippen LogP) is 0.916. The lowest BCUT2D eigenvalue weighted by Crippen LogP contribution is -2.48. The van der Waals surface area contributed by atoms with Gasteiger partial charge in [0.05, 0.1) is 6.04 Å². The molecular weight excluding hydrogens is 150 g/mol. The smallest absolute Gasteiger partial charge is 0.153 e. The second-order valence-corrected chi connectivity index (χ2v) is 4.72. The van der Waals surface area contributed by atoms with E-state index in [1.54, 1.807) is 0 Å². The maximum Gasteiger partial charge on any atom is 0.153 e. The molecule has 1 heterocycles. The van der Waals surface area contributed by atoms with Gasteiger partial charge in [0.15, 0.2) is 5.78 Å². The van der Waals surface area contributed by atoms with Crippen molar-refractivity contribution in [3.05, 3.63) is 0 Å². The van der Waals surface area contributed by atoms with Crippen molar-refractivity contribution in [3.8, 4) is 0 Å². The van der Waals surface area contributed by atoms with Gasteiger partial charge in [0.1, 0.15) is 0 Å². The number of likely N-dealkylation sites (N-methyl/N-ethyl adjacent to an activating group) is 1. The van der Waals surface area contributed by atoms with E-state index in [-0.39, 0.29) is 0 Å². The molecule has 2 heteroatoms. The molecule has 12 heavy (non-hydrogen) atoms. The minimum absolute atomic E-state index is 0.322. The number of carbonyl (C=O) groups is 1. The molecule has 3 aliphatic carbocycles. The van der Waals surface area contributed by atoms with Crippen LogP contribution >= 0.6 is 0 Å². The van der Waals surface area contributed by atoms with Gasteiger partial charge in [-0.15, -0.1) is 0 Å². The lowest BCUT2D eigenvalue weighted by atomic mass is 9.64. The van der Waals surface area contributed by atoms with Crippen LogP contribution in [0.15, 0.2) is 0 Å². The molecule has 4 bridgehead atoms. The molecule has 4 fully saturated rings. The van der Waals surface area contributed by atoms with Gasteiger partial charge in [0.2, 0.25) is 0 Å². The Balaban J connectivity index is 2.02. The quantitative estimate of drug-likeness (QED) is 0.532. The third-order valence-electron chi connectivity index (χ3n) is 4.14. The summed E-state index contributed by atoms with van der Waals surface area (Å²) in [6.07, 6.45) is 3.70. The average molecular weight is 165 g/mol. The van der Waals surface area contributed by atoms with Gasteiger partial charge in [0.25, 0.3) is 0 Å². The molecule has 1 saturated heterocycles. The van der Waals surface area contributed by atoms with Gasteiger partial charge in [-0.05, 0) is 38.1 Å². The minimum Gasteiger partial charge on any atom is -0.298 e. The fraction of sp³-hybridized carbons (Fsp3) is 0.900. The second kappa shape index (κ2) is 2.11. The normalized spacial score (nSPS) is 51.9. The molecule has 0 aromatic heterocycles. The number of hydrogen-bond donors (Lipinski definition) is 0. The second-order valence-electron chi connectivity index (χ2n) is 4.72. The molecule has 0 radical (unpaired) electrons.